The molecule has 5 rings (SSSR count). The molecule has 2 saturated heterocycles. The standard InChI is InChI=1S/C22H27N5O2/c1-2-15-13-27(14-21(15)26-7-9-29-10-8-26)22(28)20-11-19(24-25-20)17-12-23-18-6-4-3-5-16(17)18/h3-6,11-12,15,21,23H,2,7-10,13-14H2,1H3,(H,24,25). The molecule has 2 N–H and O–H groups in total. The topological polar surface area (TPSA) is 77.2 Å². The highest BCUT2D eigenvalue weighted by atomic mass is 16.5. The summed E-state index contributed by atoms with van der Waals surface area (Å²) in [7, 11) is 0. The van der Waals surface area contributed by atoms with Crippen molar-refractivity contribution in [2.45, 2.75) is 19.4 Å². The molecule has 0 aliphatic carbocycles. The fourth-order valence-corrected chi connectivity index (χ4v) is 4.77. The largest absolute Gasteiger partial charge is 0.379 e. The average Bonchev–Trinajstić information content (AvgIpc) is 3.51. The highest BCUT2D eigenvalue weighted by Gasteiger charge is 2.38. The molecule has 2 fully saturated rings. The Kier molecular flexibility index (Phi) is 4.85. The van der Waals surface area contributed by atoms with Gasteiger partial charge in [0.05, 0.1) is 18.9 Å². The first-order valence-corrected chi connectivity index (χ1v) is 10.5. The number of ether oxygens (including phenoxy) is 1. The van der Waals surface area contributed by atoms with E-state index in [9.17, 15) is 4.79 Å². The van der Waals surface area contributed by atoms with E-state index >= 15 is 0 Å². The van der Waals surface area contributed by atoms with Gasteiger partial charge in [0, 0.05) is 54.9 Å². The monoisotopic (exact) mass is 393 g/mol. The van der Waals surface area contributed by atoms with Crippen molar-refractivity contribution in [3.63, 3.8) is 0 Å². The van der Waals surface area contributed by atoms with E-state index in [4.69, 9.17) is 4.74 Å². The third kappa shape index (κ3) is 3.34. The first-order valence-electron chi connectivity index (χ1n) is 10.5. The number of hydrogen-bond donors (Lipinski definition) is 2. The molecule has 1 aromatic carbocycles. The number of fused-ring (bicyclic) bond motifs is 1. The van der Waals surface area contributed by atoms with E-state index in [-0.39, 0.29) is 5.91 Å². The number of rotatable bonds is 4. The molecule has 3 aromatic rings. The molecule has 0 bridgehead atoms. The smallest absolute Gasteiger partial charge is 0.271 e. The molecule has 152 valence electrons. The maximum Gasteiger partial charge on any atom is 0.271 e. The van der Waals surface area contributed by atoms with Crippen LogP contribution < -0.4 is 0 Å². The van der Waals surface area contributed by atoms with Crippen molar-refractivity contribution < 1.29 is 9.53 Å². The van der Waals surface area contributed by atoms with E-state index in [1.54, 1.807) is 0 Å². The predicted molar refractivity (Wildman–Crippen MR) is 112 cm³/mol. The lowest BCUT2D eigenvalue weighted by Crippen LogP contribution is -2.47. The number of nitrogens with one attached hydrogen (secondary N) is 2. The van der Waals surface area contributed by atoms with E-state index in [0.717, 1.165) is 68.0 Å². The van der Waals surface area contributed by atoms with E-state index in [1.165, 1.54) is 0 Å². The summed E-state index contributed by atoms with van der Waals surface area (Å²) < 4.78 is 5.50. The maximum atomic E-state index is 13.2. The summed E-state index contributed by atoms with van der Waals surface area (Å²) in [4.78, 5) is 20.9. The lowest BCUT2D eigenvalue weighted by Gasteiger charge is -2.34. The molecule has 0 radical (unpaired) electrons. The van der Waals surface area contributed by atoms with Crippen LogP contribution >= 0.6 is 0 Å². The van der Waals surface area contributed by atoms with E-state index in [1.807, 2.05) is 35.4 Å². The SMILES string of the molecule is CCC1CN(C(=O)c2cc(-c3c[nH]c4ccccc34)n[nH]2)CC1N1CCOCC1. The van der Waals surface area contributed by atoms with Gasteiger partial charge < -0.3 is 14.6 Å². The van der Waals surface area contributed by atoms with Crippen LogP contribution in [-0.4, -0.2) is 76.3 Å². The predicted octanol–water partition coefficient (Wildman–Crippen LogP) is 2.74. The average molecular weight is 393 g/mol. The van der Waals surface area contributed by atoms with Gasteiger partial charge in [0.1, 0.15) is 5.69 Å². The molecule has 4 heterocycles. The third-order valence-corrected chi connectivity index (χ3v) is 6.41. The molecule has 2 aliphatic heterocycles. The Bertz CT molecular complexity index is 1000. The van der Waals surface area contributed by atoms with Crippen LogP contribution in [0, 0.1) is 5.92 Å². The Hall–Kier alpha value is -2.64. The van der Waals surface area contributed by atoms with Crippen LogP contribution in [0.25, 0.3) is 22.2 Å². The first kappa shape index (κ1) is 18.4. The van der Waals surface area contributed by atoms with Gasteiger partial charge in [-0.3, -0.25) is 14.8 Å². The maximum absolute atomic E-state index is 13.2. The van der Waals surface area contributed by atoms with Gasteiger partial charge in [-0.25, -0.2) is 0 Å². The van der Waals surface area contributed by atoms with E-state index < -0.39 is 0 Å². The number of para-hydroxylation sites is 1. The zero-order valence-electron chi connectivity index (χ0n) is 16.7. The molecule has 7 heteroatoms. The quantitative estimate of drug-likeness (QED) is 0.715. The van der Waals surface area contributed by atoms with Crippen molar-refractivity contribution in [1.82, 2.24) is 25.0 Å². The van der Waals surface area contributed by atoms with Crippen LogP contribution in [-0.2, 0) is 4.74 Å². The van der Waals surface area contributed by atoms with Gasteiger partial charge in [0.15, 0.2) is 0 Å². The van der Waals surface area contributed by atoms with Gasteiger partial charge in [-0.1, -0.05) is 31.5 Å². The fourth-order valence-electron chi connectivity index (χ4n) is 4.77. The molecule has 2 unspecified atom stereocenters. The number of H-pyrrole nitrogens is 2. The Labute approximate surface area is 170 Å². The number of carbonyl (C=O) groups excluding carboxylic acids is 1. The number of morpholine rings is 1. The zero-order valence-corrected chi connectivity index (χ0v) is 16.7. The number of likely N-dealkylation sites (tertiary alicyclic amines) is 1. The van der Waals surface area contributed by atoms with Crippen LogP contribution in [0.3, 0.4) is 0 Å². The van der Waals surface area contributed by atoms with Crippen LogP contribution in [0.15, 0.2) is 36.5 Å². The van der Waals surface area contributed by atoms with Crippen molar-refractivity contribution in [3.05, 3.63) is 42.2 Å². The van der Waals surface area contributed by atoms with E-state index in [0.29, 0.717) is 17.7 Å². The zero-order chi connectivity index (χ0) is 19.8. The number of nitrogens with zero attached hydrogens (tertiary/aromatic N) is 3. The number of carbonyl (C=O) groups is 1. The van der Waals surface area contributed by atoms with Crippen LogP contribution in [0.2, 0.25) is 0 Å². The van der Waals surface area contributed by atoms with Crippen molar-refractivity contribution >= 4 is 16.8 Å². The Morgan fingerprint density at radius 2 is 2.07 bits per heavy atom. The van der Waals surface area contributed by atoms with Gasteiger partial charge in [-0.05, 0) is 18.1 Å². The number of aromatic nitrogens is 3. The summed E-state index contributed by atoms with van der Waals surface area (Å²) in [6, 6.07) is 10.4. The van der Waals surface area contributed by atoms with Gasteiger partial charge in [-0.2, -0.15) is 5.10 Å². The number of amides is 1. The van der Waals surface area contributed by atoms with Gasteiger partial charge >= 0.3 is 0 Å². The summed E-state index contributed by atoms with van der Waals surface area (Å²) in [6.45, 7) is 7.29. The molecular weight excluding hydrogens is 366 g/mol. The van der Waals surface area contributed by atoms with Gasteiger partial charge in [0.25, 0.3) is 5.91 Å². The number of benzene rings is 1. The lowest BCUT2D eigenvalue weighted by atomic mass is 9.99. The van der Waals surface area contributed by atoms with Crippen molar-refractivity contribution in [2.24, 2.45) is 5.92 Å². The van der Waals surface area contributed by atoms with Crippen molar-refractivity contribution in [2.75, 3.05) is 39.4 Å². The Balaban J connectivity index is 1.35. The second-order valence-corrected chi connectivity index (χ2v) is 8.01. The van der Waals surface area contributed by atoms with Crippen molar-refractivity contribution in [1.29, 1.82) is 0 Å². The van der Waals surface area contributed by atoms with Crippen LogP contribution in [0.4, 0.5) is 0 Å². The fraction of sp³-hybridized carbons (Fsp3) is 0.455. The summed E-state index contributed by atoms with van der Waals surface area (Å²) in [6.07, 6.45) is 3.03. The molecule has 29 heavy (non-hydrogen) atoms. The lowest BCUT2D eigenvalue weighted by molar-refractivity contribution is 0.0102. The number of hydrogen-bond acceptors (Lipinski definition) is 4. The molecule has 7 nitrogen and oxygen atoms in total. The molecular formula is C22H27N5O2. The second-order valence-electron chi connectivity index (χ2n) is 8.01. The van der Waals surface area contributed by atoms with Crippen molar-refractivity contribution in [3.8, 4) is 11.3 Å². The molecule has 0 saturated carbocycles. The molecule has 2 atom stereocenters. The minimum absolute atomic E-state index is 0.0396. The molecule has 2 aliphatic rings. The molecule has 2 aromatic heterocycles. The second kappa shape index (κ2) is 7.65. The minimum Gasteiger partial charge on any atom is -0.379 e. The summed E-state index contributed by atoms with van der Waals surface area (Å²) >= 11 is 0. The normalized spacial score (nSPS) is 23.1. The third-order valence-electron chi connectivity index (χ3n) is 6.41. The number of aromatic amines is 2. The summed E-state index contributed by atoms with van der Waals surface area (Å²) in [5, 5.41) is 8.51. The molecule has 0 spiro atoms. The van der Waals surface area contributed by atoms with E-state index in [2.05, 4.69) is 33.1 Å². The Morgan fingerprint density at radius 3 is 2.90 bits per heavy atom. The molecule has 1 amide bonds. The van der Waals surface area contributed by atoms with Crippen LogP contribution in [0.5, 0.6) is 0 Å². The Morgan fingerprint density at radius 1 is 1.24 bits per heavy atom. The first-order chi connectivity index (χ1) is 14.2. The highest BCUT2D eigenvalue weighted by molar-refractivity contribution is 5.97. The minimum atomic E-state index is 0.0396. The summed E-state index contributed by atoms with van der Waals surface area (Å²) in [5.74, 6) is 0.547. The van der Waals surface area contributed by atoms with Gasteiger partial charge in [0.2, 0.25) is 0 Å². The van der Waals surface area contributed by atoms with Gasteiger partial charge in [-0.15, -0.1) is 0 Å². The highest BCUT2D eigenvalue weighted by Crippen LogP contribution is 2.29. The summed E-state index contributed by atoms with van der Waals surface area (Å²) in [5.41, 5.74) is 3.43. The van der Waals surface area contributed by atoms with Crippen LogP contribution in [0.1, 0.15) is 23.8 Å².